The number of hydrogen-bond donors (Lipinski definition) is 3. The lowest BCUT2D eigenvalue weighted by Crippen LogP contribution is -2.23. The third-order valence-electron chi connectivity index (χ3n) is 5.64. The van der Waals surface area contributed by atoms with Crippen molar-refractivity contribution in [1.29, 1.82) is 0 Å². The lowest BCUT2D eigenvalue weighted by molar-refractivity contribution is 0.0950. The van der Waals surface area contributed by atoms with Gasteiger partial charge in [-0.05, 0) is 61.5 Å². The Bertz CT molecular complexity index is 1380. The van der Waals surface area contributed by atoms with Crippen molar-refractivity contribution in [2.75, 3.05) is 16.8 Å². The average Bonchev–Trinajstić information content (AvgIpc) is 3.29. The van der Waals surface area contributed by atoms with Gasteiger partial charge in [0.2, 0.25) is 0 Å². The van der Waals surface area contributed by atoms with E-state index in [1.807, 2.05) is 31.2 Å². The van der Waals surface area contributed by atoms with Crippen molar-refractivity contribution >= 4 is 40.2 Å². The Morgan fingerprint density at radius 1 is 1.09 bits per heavy atom. The molecule has 4 aromatic rings. The minimum absolute atomic E-state index is 0.197. The van der Waals surface area contributed by atoms with Gasteiger partial charge in [-0.15, -0.1) is 11.3 Å². The van der Waals surface area contributed by atoms with Gasteiger partial charge >= 0.3 is 0 Å². The molecule has 5 rings (SSSR count). The van der Waals surface area contributed by atoms with Crippen molar-refractivity contribution in [2.24, 2.45) is 0 Å². The molecule has 0 unspecified atom stereocenters. The van der Waals surface area contributed by atoms with Gasteiger partial charge in [0.25, 0.3) is 11.8 Å². The number of para-hydroxylation sites is 1. The number of hydrogen-bond acceptors (Lipinski definition) is 6. The predicted molar refractivity (Wildman–Crippen MR) is 134 cm³/mol. The summed E-state index contributed by atoms with van der Waals surface area (Å²) in [5.74, 6) is -0.228. The highest BCUT2D eigenvalue weighted by Crippen LogP contribution is 2.38. The van der Waals surface area contributed by atoms with Gasteiger partial charge in [-0.25, -0.2) is 4.98 Å². The number of carbonyl (C=O) groups is 2. The topological polar surface area (TPSA) is 94.6 Å². The number of nitrogens with zero attached hydrogens (tertiary/aromatic N) is 2. The standard InChI is InChI=1S/C26H22N4O3S/c1-2-30-22-6-4-3-5-20(22)25(33)29-21-13-17(9-12-23(21)30)24(32)27-14-19-15-28-26(34-19)16-7-10-18(31)11-8-16/h3-13,15,31H,2,14H2,1H3,(H,27,32)(H,29,33). The van der Waals surface area contributed by atoms with E-state index in [1.54, 1.807) is 48.7 Å². The minimum Gasteiger partial charge on any atom is -0.508 e. The zero-order chi connectivity index (χ0) is 23.7. The number of amides is 2. The number of nitrogens with one attached hydrogen (secondary N) is 2. The molecule has 0 radical (unpaired) electrons. The molecule has 1 aliphatic rings. The molecule has 0 saturated carbocycles. The summed E-state index contributed by atoms with van der Waals surface area (Å²) in [4.78, 5) is 33.1. The zero-order valence-corrected chi connectivity index (χ0v) is 19.2. The quantitative estimate of drug-likeness (QED) is 0.374. The first kappa shape index (κ1) is 21.7. The highest BCUT2D eigenvalue weighted by Gasteiger charge is 2.24. The Labute approximate surface area is 200 Å². The molecule has 34 heavy (non-hydrogen) atoms. The molecule has 0 spiro atoms. The Morgan fingerprint density at radius 2 is 1.88 bits per heavy atom. The lowest BCUT2D eigenvalue weighted by atomic mass is 10.1. The van der Waals surface area contributed by atoms with Crippen LogP contribution in [0.3, 0.4) is 0 Å². The maximum atomic E-state index is 12.9. The molecule has 170 valence electrons. The van der Waals surface area contributed by atoms with Crippen LogP contribution < -0.4 is 15.5 Å². The van der Waals surface area contributed by atoms with Crippen LogP contribution in [0.15, 0.2) is 72.9 Å². The maximum Gasteiger partial charge on any atom is 0.257 e. The molecule has 3 N–H and O–H groups in total. The summed E-state index contributed by atoms with van der Waals surface area (Å²) in [5, 5.41) is 16.1. The summed E-state index contributed by atoms with van der Waals surface area (Å²) in [5.41, 5.74) is 4.25. The van der Waals surface area contributed by atoms with Crippen molar-refractivity contribution in [3.8, 4) is 16.3 Å². The van der Waals surface area contributed by atoms with E-state index in [0.717, 1.165) is 26.8 Å². The first-order chi connectivity index (χ1) is 16.5. The molecule has 2 heterocycles. The first-order valence-corrected chi connectivity index (χ1v) is 11.7. The first-order valence-electron chi connectivity index (χ1n) is 10.9. The van der Waals surface area contributed by atoms with E-state index in [1.165, 1.54) is 11.3 Å². The normalized spacial score (nSPS) is 12.4. The van der Waals surface area contributed by atoms with Crippen LogP contribution in [0.5, 0.6) is 5.75 Å². The van der Waals surface area contributed by atoms with Gasteiger partial charge < -0.3 is 20.6 Å². The van der Waals surface area contributed by atoms with Crippen molar-refractivity contribution in [2.45, 2.75) is 13.5 Å². The number of aromatic hydroxyl groups is 1. The number of phenolic OH excluding ortho intramolecular Hbond substituents is 1. The number of rotatable bonds is 5. The molecular weight excluding hydrogens is 448 g/mol. The second kappa shape index (κ2) is 8.99. The fourth-order valence-electron chi connectivity index (χ4n) is 3.97. The monoisotopic (exact) mass is 470 g/mol. The van der Waals surface area contributed by atoms with Crippen LogP contribution >= 0.6 is 11.3 Å². The van der Waals surface area contributed by atoms with E-state index < -0.39 is 0 Å². The summed E-state index contributed by atoms with van der Waals surface area (Å²) >= 11 is 1.48. The Kier molecular flexibility index (Phi) is 5.73. The van der Waals surface area contributed by atoms with E-state index in [-0.39, 0.29) is 17.6 Å². The Morgan fingerprint density at radius 3 is 2.68 bits per heavy atom. The molecule has 7 nitrogen and oxygen atoms in total. The van der Waals surface area contributed by atoms with Crippen LogP contribution in [0.2, 0.25) is 0 Å². The molecule has 3 aromatic carbocycles. The zero-order valence-electron chi connectivity index (χ0n) is 18.4. The molecule has 8 heteroatoms. The smallest absolute Gasteiger partial charge is 0.257 e. The SMILES string of the molecule is CCN1c2ccc(C(=O)NCc3cnc(-c4ccc(O)cc4)s3)cc2NC(=O)c2ccccc21. The number of anilines is 3. The van der Waals surface area contributed by atoms with Crippen LogP contribution in [0.25, 0.3) is 10.6 Å². The number of benzene rings is 3. The molecule has 1 aliphatic heterocycles. The minimum atomic E-state index is -0.235. The highest BCUT2D eigenvalue weighted by atomic mass is 32.1. The van der Waals surface area contributed by atoms with E-state index in [9.17, 15) is 14.7 Å². The van der Waals surface area contributed by atoms with Gasteiger partial charge in [0.1, 0.15) is 10.8 Å². The molecule has 0 aliphatic carbocycles. The summed E-state index contributed by atoms with van der Waals surface area (Å²) in [6.45, 7) is 3.04. The Balaban J connectivity index is 1.33. The van der Waals surface area contributed by atoms with Gasteiger partial charge in [-0.2, -0.15) is 0 Å². The predicted octanol–water partition coefficient (Wildman–Crippen LogP) is 5.17. The summed E-state index contributed by atoms with van der Waals surface area (Å²) in [6, 6.07) is 19.7. The molecule has 0 saturated heterocycles. The van der Waals surface area contributed by atoms with E-state index in [4.69, 9.17) is 0 Å². The number of fused-ring (bicyclic) bond motifs is 2. The molecule has 0 fully saturated rings. The molecule has 0 bridgehead atoms. The van der Waals surface area contributed by atoms with Crippen LogP contribution in [-0.4, -0.2) is 28.4 Å². The van der Waals surface area contributed by atoms with Crippen LogP contribution in [0.4, 0.5) is 17.1 Å². The van der Waals surface area contributed by atoms with Gasteiger partial charge in [0.05, 0.1) is 29.2 Å². The second-order valence-corrected chi connectivity index (χ2v) is 8.92. The second-order valence-electron chi connectivity index (χ2n) is 7.81. The van der Waals surface area contributed by atoms with Gasteiger partial charge in [0.15, 0.2) is 0 Å². The highest BCUT2D eigenvalue weighted by molar-refractivity contribution is 7.15. The number of thiazole rings is 1. The van der Waals surface area contributed by atoms with Crippen LogP contribution in [0, 0.1) is 0 Å². The van der Waals surface area contributed by atoms with Crippen molar-refractivity contribution in [1.82, 2.24) is 10.3 Å². The van der Waals surface area contributed by atoms with Gasteiger partial charge in [0, 0.05) is 28.7 Å². The largest absolute Gasteiger partial charge is 0.508 e. The van der Waals surface area contributed by atoms with E-state index in [2.05, 4.69) is 20.5 Å². The summed E-state index contributed by atoms with van der Waals surface area (Å²) < 4.78 is 0. The summed E-state index contributed by atoms with van der Waals surface area (Å²) in [7, 11) is 0. The van der Waals surface area contributed by atoms with Crippen molar-refractivity contribution in [3.05, 3.63) is 88.9 Å². The molecule has 0 atom stereocenters. The maximum absolute atomic E-state index is 12.9. The van der Waals surface area contributed by atoms with Gasteiger partial charge in [-0.3, -0.25) is 9.59 Å². The van der Waals surface area contributed by atoms with E-state index >= 15 is 0 Å². The number of phenols is 1. The third-order valence-corrected chi connectivity index (χ3v) is 6.69. The van der Waals surface area contributed by atoms with Crippen molar-refractivity contribution < 1.29 is 14.7 Å². The molecule has 1 aromatic heterocycles. The fraction of sp³-hybridized carbons (Fsp3) is 0.115. The molecule has 2 amide bonds. The third kappa shape index (κ3) is 4.11. The lowest BCUT2D eigenvalue weighted by Gasteiger charge is -2.24. The average molecular weight is 471 g/mol. The van der Waals surface area contributed by atoms with E-state index in [0.29, 0.717) is 29.9 Å². The fourth-order valence-corrected chi connectivity index (χ4v) is 4.83. The van der Waals surface area contributed by atoms with Crippen LogP contribution in [0.1, 0.15) is 32.5 Å². The number of carbonyl (C=O) groups excluding carboxylic acids is 2. The van der Waals surface area contributed by atoms with Gasteiger partial charge in [-0.1, -0.05) is 12.1 Å². The van der Waals surface area contributed by atoms with Crippen molar-refractivity contribution in [3.63, 3.8) is 0 Å². The van der Waals surface area contributed by atoms with Crippen LogP contribution in [-0.2, 0) is 6.54 Å². The summed E-state index contributed by atoms with van der Waals surface area (Å²) in [6.07, 6.45) is 1.74. The Hall–Kier alpha value is -4.17. The number of aromatic nitrogens is 1. The molecular formula is C26H22N4O3S.